The van der Waals surface area contributed by atoms with E-state index in [1.54, 1.807) is 44.2 Å². The molecule has 0 radical (unpaired) electrons. The highest BCUT2D eigenvalue weighted by Gasteiger charge is 2.30. The molecule has 0 aliphatic rings. The Morgan fingerprint density at radius 1 is 1.00 bits per heavy atom. The Morgan fingerprint density at radius 2 is 1.66 bits per heavy atom. The van der Waals surface area contributed by atoms with Crippen molar-refractivity contribution < 1.29 is 18.0 Å². The Kier molecular flexibility index (Phi) is 10.3. The summed E-state index contributed by atoms with van der Waals surface area (Å²) in [5.74, 6) is -0.915. The molecule has 0 fully saturated rings. The maximum absolute atomic E-state index is 13.5. The molecule has 1 N–H and O–H groups in total. The van der Waals surface area contributed by atoms with Crippen molar-refractivity contribution in [2.75, 3.05) is 17.1 Å². The first-order valence-corrected chi connectivity index (χ1v) is 14.0. The highest BCUT2D eigenvalue weighted by atomic mass is 35.5. The summed E-state index contributed by atoms with van der Waals surface area (Å²) in [6.45, 7) is 6.70. The minimum atomic E-state index is -3.84. The zero-order valence-corrected chi connectivity index (χ0v) is 23.4. The number of sulfonamides is 1. The molecule has 35 heavy (non-hydrogen) atoms. The Hall–Kier alpha value is -2.00. The van der Waals surface area contributed by atoms with Crippen molar-refractivity contribution in [1.29, 1.82) is 0 Å². The van der Waals surface area contributed by atoms with E-state index in [1.165, 1.54) is 11.0 Å². The summed E-state index contributed by atoms with van der Waals surface area (Å²) in [6, 6.07) is 8.69. The molecule has 0 aromatic heterocycles. The number of hydrogen-bond donors (Lipinski definition) is 1. The van der Waals surface area contributed by atoms with Crippen molar-refractivity contribution in [2.24, 2.45) is 0 Å². The van der Waals surface area contributed by atoms with Crippen LogP contribution in [0.5, 0.6) is 0 Å². The monoisotopic (exact) mass is 561 g/mol. The molecule has 0 aliphatic carbocycles. The summed E-state index contributed by atoms with van der Waals surface area (Å²) in [4.78, 5) is 27.8. The highest BCUT2D eigenvalue weighted by molar-refractivity contribution is 7.92. The van der Waals surface area contributed by atoms with Crippen LogP contribution in [0.15, 0.2) is 36.4 Å². The van der Waals surface area contributed by atoms with Gasteiger partial charge in [0.05, 0.1) is 22.0 Å². The van der Waals surface area contributed by atoms with Crippen LogP contribution in [0.4, 0.5) is 5.69 Å². The summed E-state index contributed by atoms with van der Waals surface area (Å²) >= 11 is 18.4. The van der Waals surface area contributed by atoms with Crippen LogP contribution in [-0.2, 0) is 26.2 Å². The third-order valence-electron chi connectivity index (χ3n) is 5.63. The van der Waals surface area contributed by atoms with Crippen LogP contribution in [0.2, 0.25) is 15.1 Å². The fourth-order valence-electron chi connectivity index (χ4n) is 3.23. The second kappa shape index (κ2) is 12.3. The van der Waals surface area contributed by atoms with Gasteiger partial charge < -0.3 is 10.2 Å². The number of carbonyl (C=O) groups excluding carboxylic acids is 2. The number of carbonyl (C=O) groups is 2. The normalized spacial score (nSPS) is 13.1. The smallest absolute Gasteiger partial charge is 0.244 e. The van der Waals surface area contributed by atoms with Gasteiger partial charge in [0.15, 0.2) is 0 Å². The van der Waals surface area contributed by atoms with Gasteiger partial charge in [0.2, 0.25) is 21.8 Å². The van der Waals surface area contributed by atoms with Gasteiger partial charge in [-0.1, -0.05) is 53.9 Å². The van der Waals surface area contributed by atoms with E-state index in [0.717, 1.165) is 22.5 Å². The minimum absolute atomic E-state index is 0.0249. The molecule has 0 saturated carbocycles. The Labute approximate surface area is 222 Å². The van der Waals surface area contributed by atoms with E-state index < -0.39 is 28.5 Å². The molecular formula is C24H30Cl3N3O4S. The minimum Gasteiger partial charge on any atom is -0.352 e. The molecule has 2 rings (SSSR count). The van der Waals surface area contributed by atoms with Crippen LogP contribution in [-0.4, -0.2) is 50.0 Å². The van der Waals surface area contributed by atoms with E-state index in [0.29, 0.717) is 20.6 Å². The number of aryl methyl sites for hydroxylation is 1. The number of anilines is 1. The summed E-state index contributed by atoms with van der Waals surface area (Å²) < 4.78 is 26.2. The number of hydrogen-bond acceptors (Lipinski definition) is 4. The predicted octanol–water partition coefficient (Wildman–Crippen LogP) is 5.05. The molecule has 2 aromatic carbocycles. The maximum Gasteiger partial charge on any atom is 0.244 e. The zero-order chi connectivity index (χ0) is 26.5. The van der Waals surface area contributed by atoms with E-state index in [-0.39, 0.29) is 24.2 Å². The molecule has 0 aliphatic heterocycles. The number of nitrogens with one attached hydrogen (secondary N) is 1. The Balaban J connectivity index is 2.43. The second-order valence-electron chi connectivity index (χ2n) is 8.47. The van der Waals surface area contributed by atoms with Crippen LogP contribution < -0.4 is 9.62 Å². The average molecular weight is 563 g/mol. The average Bonchev–Trinajstić information content (AvgIpc) is 2.78. The fourth-order valence-corrected chi connectivity index (χ4v) is 4.57. The molecule has 11 heteroatoms. The standard InChI is InChI=1S/C24H30Cl3N3O4S/c1-6-16(3)28-24(32)17(4)29(13-18-8-10-20(25)22(27)11-18)23(31)14-30(35(5,33)34)19-9-7-15(2)21(26)12-19/h7-12,16-17H,6,13-14H2,1-5H3,(H,28,32). The molecule has 2 atom stereocenters. The van der Waals surface area contributed by atoms with Gasteiger partial charge in [0, 0.05) is 17.6 Å². The lowest BCUT2D eigenvalue weighted by Crippen LogP contribution is -2.52. The zero-order valence-electron chi connectivity index (χ0n) is 20.3. The van der Waals surface area contributed by atoms with E-state index in [4.69, 9.17) is 34.8 Å². The first-order chi connectivity index (χ1) is 16.2. The van der Waals surface area contributed by atoms with Crippen molar-refractivity contribution in [2.45, 2.75) is 52.7 Å². The van der Waals surface area contributed by atoms with Crippen LogP contribution in [0.25, 0.3) is 0 Å². The molecule has 7 nitrogen and oxygen atoms in total. The van der Waals surface area contributed by atoms with Crippen LogP contribution in [0.3, 0.4) is 0 Å². The first-order valence-electron chi connectivity index (χ1n) is 11.0. The lowest BCUT2D eigenvalue weighted by molar-refractivity contribution is -0.139. The van der Waals surface area contributed by atoms with Gasteiger partial charge in [-0.25, -0.2) is 8.42 Å². The summed E-state index contributed by atoms with van der Waals surface area (Å²) in [7, 11) is -3.84. The van der Waals surface area contributed by atoms with Crippen molar-refractivity contribution in [3.63, 3.8) is 0 Å². The van der Waals surface area contributed by atoms with Crippen molar-refractivity contribution in [1.82, 2.24) is 10.2 Å². The summed E-state index contributed by atoms with van der Waals surface area (Å²) in [5.41, 5.74) is 1.66. The van der Waals surface area contributed by atoms with Crippen LogP contribution in [0, 0.1) is 6.92 Å². The molecule has 2 unspecified atom stereocenters. The topological polar surface area (TPSA) is 86.8 Å². The van der Waals surface area contributed by atoms with Crippen molar-refractivity contribution in [3.05, 3.63) is 62.6 Å². The number of halogens is 3. The second-order valence-corrected chi connectivity index (χ2v) is 11.6. The van der Waals surface area contributed by atoms with Crippen LogP contribution in [0.1, 0.15) is 38.3 Å². The lowest BCUT2D eigenvalue weighted by Gasteiger charge is -2.32. The van der Waals surface area contributed by atoms with E-state index in [1.807, 2.05) is 13.8 Å². The number of rotatable bonds is 10. The SMILES string of the molecule is CCC(C)NC(=O)C(C)N(Cc1ccc(Cl)c(Cl)c1)C(=O)CN(c1ccc(C)c(Cl)c1)S(C)(=O)=O. The summed E-state index contributed by atoms with van der Waals surface area (Å²) in [6.07, 6.45) is 1.73. The number of nitrogens with zero attached hydrogens (tertiary/aromatic N) is 2. The largest absolute Gasteiger partial charge is 0.352 e. The third-order valence-corrected chi connectivity index (χ3v) is 7.91. The number of amides is 2. The Bertz CT molecular complexity index is 1190. The van der Waals surface area contributed by atoms with Gasteiger partial charge in [0.25, 0.3) is 0 Å². The third kappa shape index (κ3) is 8.00. The summed E-state index contributed by atoms with van der Waals surface area (Å²) in [5, 5.41) is 3.91. The van der Waals surface area contributed by atoms with Crippen molar-refractivity contribution >= 4 is 62.3 Å². The molecule has 2 aromatic rings. The molecule has 0 spiro atoms. The van der Waals surface area contributed by atoms with Gasteiger partial charge in [0.1, 0.15) is 12.6 Å². The van der Waals surface area contributed by atoms with Gasteiger partial charge in [-0.05, 0) is 62.6 Å². The molecule has 192 valence electrons. The first kappa shape index (κ1) is 29.2. The van der Waals surface area contributed by atoms with E-state index in [2.05, 4.69) is 5.32 Å². The quantitative estimate of drug-likeness (QED) is 0.439. The highest BCUT2D eigenvalue weighted by Crippen LogP contribution is 2.26. The van der Waals surface area contributed by atoms with E-state index >= 15 is 0 Å². The molecule has 2 amide bonds. The van der Waals surface area contributed by atoms with E-state index in [9.17, 15) is 18.0 Å². The maximum atomic E-state index is 13.5. The number of benzene rings is 2. The van der Waals surface area contributed by atoms with Gasteiger partial charge in [-0.15, -0.1) is 0 Å². The van der Waals surface area contributed by atoms with Crippen LogP contribution >= 0.6 is 34.8 Å². The Morgan fingerprint density at radius 3 is 2.20 bits per heavy atom. The fraction of sp³-hybridized carbons (Fsp3) is 0.417. The predicted molar refractivity (Wildman–Crippen MR) is 143 cm³/mol. The van der Waals surface area contributed by atoms with Gasteiger partial charge in [-0.3, -0.25) is 13.9 Å². The molecular weight excluding hydrogens is 533 g/mol. The molecule has 0 saturated heterocycles. The lowest BCUT2D eigenvalue weighted by atomic mass is 10.1. The molecule has 0 heterocycles. The van der Waals surface area contributed by atoms with Gasteiger partial charge >= 0.3 is 0 Å². The van der Waals surface area contributed by atoms with Crippen molar-refractivity contribution in [3.8, 4) is 0 Å². The molecule has 0 bridgehead atoms. The van der Waals surface area contributed by atoms with Gasteiger partial charge in [-0.2, -0.15) is 0 Å².